The van der Waals surface area contributed by atoms with Crippen LogP contribution in [0.4, 0.5) is 0 Å². The van der Waals surface area contributed by atoms with E-state index in [1.807, 2.05) is 33.0 Å². The predicted molar refractivity (Wildman–Crippen MR) is 63.4 cm³/mol. The van der Waals surface area contributed by atoms with Crippen LogP contribution in [0.2, 0.25) is 0 Å². The number of Topliss-reactive ketones (excluding diaryl/α,β-unsaturated/α-hetero) is 1. The molecule has 0 amide bonds. The van der Waals surface area contributed by atoms with Crippen molar-refractivity contribution in [2.75, 3.05) is 13.6 Å². The lowest BCUT2D eigenvalue weighted by Crippen LogP contribution is -2.10. The van der Waals surface area contributed by atoms with Gasteiger partial charge >= 0.3 is 0 Å². The minimum atomic E-state index is 0.247. The van der Waals surface area contributed by atoms with Gasteiger partial charge in [0.1, 0.15) is 0 Å². The molecule has 0 saturated heterocycles. The smallest absolute Gasteiger partial charge is 0.162 e. The average molecular weight is 205 g/mol. The highest BCUT2D eigenvalue weighted by atomic mass is 16.1. The summed E-state index contributed by atoms with van der Waals surface area (Å²) in [6, 6.07) is 6.02. The van der Waals surface area contributed by atoms with Crippen LogP contribution in [0.25, 0.3) is 0 Å². The fourth-order valence-corrected chi connectivity index (χ4v) is 1.71. The summed E-state index contributed by atoms with van der Waals surface area (Å²) < 4.78 is 0. The SMILES string of the molecule is CNCCCC(=O)c1cc(C)cc(C)c1. The van der Waals surface area contributed by atoms with Gasteiger partial charge in [-0.15, -0.1) is 0 Å². The van der Waals surface area contributed by atoms with E-state index in [0.29, 0.717) is 6.42 Å². The fraction of sp³-hybridized carbons (Fsp3) is 0.462. The molecule has 1 aromatic carbocycles. The third-order valence-corrected chi connectivity index (χ3v) is 2.37. The standard InChI is InChI=1S/C13H19NO/c1-10-7-11(2)9-12(8-10)13(15)5-4-6-14-3/h7-9,14H,4-6H2,1-3H3. The first-order chi connectivity index (χ1) is 7.13. The zero-order valence-electron chi connectivity index (χ0n) is 9.76. The van der Waals surface area contributed by atoms with Gasteiger partial charge in [-0.2, -0.15) is 0 Å². The molecule has 0 aromatic heterocycles. The van der Waals surface area contributed by atoms with Crippen molar-refractivity contribution in [3.63, 3.8) is 0 Å². The first-order valence-corrected chi connectivity index (χ1v) is 5.39. The van der Waals surface area contributed by atoms with Crippen molar-refractivity contribution in [3.05, 3.63) is 34.9 Å². The van der Waals surface area contributed by atoms with Gasteiger partial charge < -0.3 is 5.32 Å². The number of carbonyl (C=O) groups excluding carboxylic acids is 1. The molecule has 0 unspecified atom stereocenters. The molecule has 0 saturated carbocycles. The molecule has 0 heterocycles. The summed E-state index contributed by atoms with van der Waals surface area (Å²) >= 11 is 0. The Morgan fingerprint density at radius 1 is 1.20 bits per heavy atom. The van der Waals surface area contributed by atoms with Crippen molar-refractivity contribution in [2.24, 2.45) is 0 Å². The predicted octanol–water partition coefficient (Wildman–Crippen LogP) is 2.49. The van der Waals surface area contributed by atoms with E-state index in [2.05, 4.69) is 11.4 Å². The van der Waals surface area contributed by atoms with Crippen LogP contribution < -0.4 is 5.32 Å². The maximum atomic E-state index is 11.8. The van der Waals surface area contributed by atoms with E-state index >= 15 is 0 Å². The minimum Gasteiger partial charge on any atom is -0.320 e. The summed E-state index contributed by atoms with van der Waals surface area (Å²) in [6.45, 7) is 4.95. The lowest BCUT2D eigenvalue weighted by molar-refractivity contribution is 0.0980. The Morgan fingerprint density at radius 3 is 2.33 bits per heavy atom. The maximum absolute atomic E-state index is 11.8. The van der Waals surface area contributed by atoms with Crippen LogP contribution in [0, 0.1) is 13.8 Å². The van der Waals surface area contributed by atoms with Gasteiger partial charge in [0.2, 0.25) is 0 Å². The maximum Gasteiger partial charge on any atom is 0.162 e. The zero-order chi connectivity index (χ0) is 11.3. The van der Waals surface area contributed by atoms with Crippen LogP contribution in [0.3, 0.4) is 0 Å². The molecule has 82 valence electrons. The van der Waals surface area contributed by atoms with Crippen molar-refractivity contribution in [1.29, 1.82) is 0 Å². The highest BCUT2D eigenvalue weighted by molar-refractivity contribution is 5.96. The summed E-state index contributed by atoms with van der Waals surface area (Å²) in [4.78, 5) is 11.8. The van der Waals surface area contributed by atoms with E-state index in [1.54, 1.807) is 0 Å². The normalized spacial score (nSPS) is 10.3. The van der Waals surface area contributed by atoms with E-state index in [0.717, 1.165) is 29.7 Å². The van der Waals surface area contributed by atoms with E-state index in [4.69, 9.17) is 0 Å². The molecule has 0 bridgehead atoms. The molecule has 0 aliphatic carbocycles. The van der Waals surface area contributed by atoms with E-state index in [9.17, 15) is 4.79 Å². The van der Waals surface area contributed by atoms with Crippen LogP contribution in [0.15, 0.2) is 18.2 Å². The highest BCUT2D eigenvalue weighted by Gasteiger charge is 2.05. The Labute approximate surface area is 91.7 Å². The van der Waals surface area contributed by atoms with Crippen LogP contribution >= 0.6 is 0 Å². The molecule has 1 aromatic rings. The molecule has 1 rings (SSSR count). The van der Waals surface area contributed by atoms with Gasteiger partial charge in [0, 0.05) is 12.0 Å². The van der Waals surface area contributed by atoms with Crippen LogP contribution in [0.1, 0.15) is 34.3 Å². The summed E-state index contributed by atoms with van der Waals surface area (Å²) in [6.07, 6.45) is 1.53. The first kappa shape index (κ1) is 11.9. The van der Waals surface area contributed by atoms with Crippen molar-refractivity contribution >= 4 is 5.78 Å². The van der Waals surface area contributed by atoms with Gasteiger partial charge in [-0.3, -0.25) is 4.79 Å². The van der Waals surface area contributed by atoms with Crippen LogP contribution in [-0.2, 0) is 0 Å². The van der Waals surface area contributed by atoms with E-state index in [-0.39, 0.29) is 5.78 Å². The summed E-state index contributed by atoms with van der Waals surface area (Å²) in [5.74, 6) is 0.247. The molecule has 0 spiro atoms. The van der Waals surface area contributed by atoms with Gasteiger partial charge in [0.25, 0.3) is 0 Å². The van der Waals surface area contributed by atoms with E-state index < -0.39 is 0 Å². The Hall–Kier alpha value is -1.15. The molecule has 0 aliphatic heterocycles. The molecular weight excluding hydrogens is 186 g/mol. The fourth-order valence-electron chi connectivity index (χ4n) is 1.71. The van der Waals surface area contributed by atoms with Crippen LogP contribution in [-0.4, -0.2) is 19.4 Å². The number of nitrogens with one attached hydrogen (secondary N) is 1. The minimum absolute atomic E-state index is 0.247. The number of hydrogen-bond acceptors (Lipinski definition) is 2. The molecular formula is C13H19NO. The van der Waals surface area contributed by atoms with Crippen molar-refractivity contribution in [2.45, 2.75) is 26.7 Å². The summed E-state index contributed by atoms with van der Waals surface area (Å²) in [5, 5.41) is 3.05. The number of rotatable bonds is 5. The largest absolute Gasteiger partial charge is 0.320 e. The highest BCUT2D eigenvalue weighted by Crippen LogP contribution is 2.11. The molecule has 1 N–H and O–H groups in total. The molecule has 15 heavy (non-hydrogen) atoms. The Balaban J connectivity index is 2.65. The zero-order valence-corrected chi connectivity index (χ0v) is 9.76. The average Bonchev–Trinajstić information content (AvgIpc) is 2.16. The van der Waals surface area contributed by atoms with Gasteiger partial charge in [-0.25, -0.2) is 0 Å². The summed E-state index contributed by atoms with van der Waals surface area (Å²) in [5.41, 5.74) is 3.17. The molecule has 0 atom stereocenters. The number of aryl methyl sites for hydroxylation is 2. The second kappa shape index (κ2) is 5.66. The number of benzene rings is 1. The second-order valence-corrected chi connectivity index (χ2v) is 4.01. The number of ketones is 1. The Kier molecular flexibility index (Phi) is 4.50. The quantitative estimate of drug-likeness (QED) is 0.591. The van der Waals surface area contributed by atoms with E-state index in [1.165, 1.54) is 0 Å². The molecule has 0 radical (unpaired) electrons. The van der Waals surface area contributed by atoms with Crippen molar-refractivity contribution in [1.82, 2.24) is 5.32 Å². The third-order valence-electron chi connectivity index (χ3n) is 2.37. The number of carbonyl (C=O) groups is 1. The van der Waals surface area contributed by atoms with Crippen molar-refractivity contribution < 1.29 is 4.79 Å². The molecule has 0 fully saturated rings. The number of hydrogen-bond donors (Lipinski definition) is 1. The van der Waals surface area contributed by atoms with Gasteiger partial charge in [0.15, 0.2) is 5.78 Å². The van der Waals surface area contributed by atoms with Gasteiger partial charge in [-0.1, -0.05) is 17.2 Å². The van der Waals surface area contributed by atoms with Crippen LogP contribution in [0.5, 0.6) is 0 Å². The lowest BCUT2D eigenvalue weighted by Gasteiger charge is -2.04. The Morgan fingerprint density at radius 2 is 1.80 bits per heavy atom. The summed E-state index contributed by atoms with van der Waals surface area (Å²) in [7, 11) is 1.90. The molecule has 2 nitrogen and oxygen atoms in total. The second-order valence-electron chi connectivity index (χ2n) is 4.01. The molecule has 0 aliphatic rings. The molecule has 2 heteroatoms. The van der Waals surface area contributed by atoms with Crippen molar-refractivity contribution in [3.8, 4) is 0 Å². The Bertz CT molecular complexity index is 324. The topological polar surface area (TPSA) is 29.1 Å². The lowest BCUT2D eigenvalue weighted by atomic mass is 10.0. The first-order valence-electron chi connectivity index (χ1n) is 5.39. The van der Waals surface area contributed by atoms with Gasteiger partial charge in [-0.05, 0) is 46.0 Å². The van der Waals surface area contributed by atoms with Gasteiger partial charge in [0.05, 0.1) is 0 Å². The monoisotopic (exact) mass is 205 g/mol. The third kappa shape index (κ3) is 3.84.